The number of imide groups is 1. The third kappa shape index (κ3) is 3.37. The van der Waals surface area contributed by atoms with Crippen molar-refractivity contribution in [1.29, 1.82) is 0 Å². The van der Waals surface area contributed by atoms with Crippen molar-refractivity contribution in [1.82, 2.24) is 14.1 Å². The molecule has 1 atom stereocenters. The van der Waals surface area contributed by atoms with Crippen LogP contribution < -0.4 is 0 Å². The molecule has 0 radical (unpaired) electrons. The lowest BCUT2D eigenvalue weighted by atomic mass is 10.2. The highest BCUT2D eigenvalue weighted by molar-refractivity contribution is 7.90. The van der Waals surface area contributed by atoms with Gasteiger partial charge < -0.3 is 4.90 Å². The van der Waals surface area contributed by atoms with Crippen molar-refractivity contribution < 1.29 is 18.0 Å². The Morgan fingerprint density at radius 1 is 1.17 bits per heavy atom. The van der Waals surface area contributed by atoms with Gasteiger partial charge in [0.15, 0.2) is 5.25 Å². The molecule has 1 aromatic rings. The number of urea groups is 1. The van der Waals surface area contributed by atoms with Gasteiger partial charge in [0.2, 0.25) is 10.0 Å². The molecule has 0 aromatic heterocycles. The predicted molar refractivity (Wildman–Crippen MR) is 86.0 cm³/mol. The van der Waals surface area contributed by atoms with Crippen LogP contribution in [0.15, 0.2) is 30.3 Å². The minimum atomic E-state index is -3.86. The third-order valence-corrected chi connectivity index (χ3v) is 6.11. The molecule has 8 heteroatoms. The van der Waals surface area contributed by atoms with Crippen LogP contribution >= 0.6 is 0 Å². The summed E-state index contributed by atoms with van der Waals surface area (Å²) < 4.78 is 27.0. The molecular weight excluding hydrogens is 318 g/mol. The smallest absolute Gasteiger partial charge is 0.325 e. The van der Waals surface area contributed by atoms with Crippen LogP contribution in [0.4, 0.5) is 4.79 Å². The van der Waals surface area contributed by atoms with Crippen molar-refractivity contribution >= 4 is 22.0 Å². The Bertz CT molecular complexity index is 690. The summed E-state index contributed by atoms with van der Waals surface area (Å²) >= 11 is 0. The molecule has 23 heavy (non-hydrogen) atoms. The minimum absolute atomic E-state index is 0.129. The molecule has 0 bridgehead atoms. The summed E-state index contributed by atoms with van der Waals surface area (Å²) in [5, 5.41) is -1.26. The molecule has 1 unspecified atom stereocenters. The van der Waals surface area contributed by atoms with E-state index in [-0.39, 0.29) is 19.6 Å². The Balaban J connectivity index is 2.28. The van der Waals surface area contributed by atoms with Gasteiger partial charge in [-0.1, -0.05) is 37.3 Å². The number of carbonyl (C=O) groups excluding carboxylic acids is 2. The quantitative estimate of drug-likeness (QED) is 0.792. The summed E-state index contributed by atoms with van der Waals surface area (Å²) in [4.78, 5) is 26.1. The predicted octanol–water partition coefficient (Wildman–Crippen LogP) is 0.731. The lowest BCUT2D eigenvalue weighted by molar-refractivity contribution is -0.129. The summed E-state index contributed by atoms with van der Waals surface area (Å²) in [6.45, 7) is 2.05. The van der Waals surface area contributed by atoms with Crippen LogP contribution in [0.5, 0.6) is 0 Å². The Hall–Kier alpha value is -1.93. The molecule has 7 nitrogen and oxygen atoms in total. The van der Waals surface area contributed by atoms with Crippen LogP contribution in [0.2, 0.25) is 0 Å². The topological polar surface area (TPSA) is 78.0 Å². The van der Waals surface area contributed by atoms with Gasteiger partial charge in [0, 0.05) is 33.7 Å². The Morgan fingerprint density at radius 2 is 1.78 bits per heavy atom. The van der Waals surface area contributed by atoms with Crippen LogP contribution in [0.1, 0.15) is 12.5 Å². The van der Waals surface area contributed by atoms with Crippen LogP contribution in [0.3, 0.4) is 0 Å². The summed E-state index contributed by atoms with van der Waals surface area (Å²) in [5.41, 5.74) is 0.846. The highest BCUT2D eigenvalue weighted by atomic mass is 32.2. The molecule has 1 heterocycles. The van der Waals surface area contributed by atoms with Gasteiger partial charge in [-0.3, -0.25) is 9.69 Å². The second-order valence-corrected chi connectivity index (χ2v) is 7.62. The van der Waals surface area contributed by atoms with E-state index in [2.05, 4.69) is 0 Å². The zero-order valence-corrected chi connectivity index (χ0v) is 14.3. The largest absolute Gasteiger partial charge is 0.326 e. The summed E-state index contributed by atoms with van der Waals surface area (Å²) in [6, 6.07) is 8.70. The lowest BCUT2D eigenvalue weighted by Gasteiger charge is -2.36. The van der Waals surface area contributed by atoms with Gasteiger partial charge in [-0.05, 0) is 5.56 Å². The van der Waals surface area contributed by atoms with Crippen molar-refractivity contribution in [2.75, 3.05) is 27.2 Å². The van der Waals surface area contributed by atoms with Crippen LogP contribution in [-0.4, -0.2) is 66.9 Å². The second-order valence-electron chi connectivity index (χ2n) is 5.51. The fourth-order valence-corrected chi connectivity index (χ4v) is 4.42. The van der Waals surface area contributed by atoms with Crippen molar-refractivity contribution in [3.8, 4) is 0 Å². The first kappa shape index (κ1) is 17.4. The van der Waals surface area contributed by atoms with Crippen molar-refractivity contribution in [3.05, 3.63) is 35.9 Å². The number of benzene rings is 1. The molecule has 2 rings (SSSR count). The van der Waals surface area contributed by atoms with Crippen molar-refractivity contribution in [2.24, 2.45) is 0 Å². The molecule has 1 saturated heterocycles. The average molecular weight is 339 g/mol. The maximum atomic E-state index is 12.9. The van der Waals surface area contributed by atoms with Crippen LogP contribution in [0.25, 0.3) is 0 Å². The van der Waals surface area contributed by atoms with Crippen LogP contribution in [0, 0.1) is 0 Å². The Morgan fingerprint density at radius 3 is 2.35 bits per heavy atom. The Kier molecular flexibility index (Phi) is 5.06. The molecule has 0 spiro atoms. The SMILES string of the molecule is CCN(Cc1ccccc1)S(=O)(=O)C1CN(C)C(=O)N(C)C1=O. The fourth-order valence-electron chi connectivity index (χ4n) is 2.54. The summed E-state index contributed by atoms with van der Waals surface area (Å²) in [6.07, 6.45) is 0. The Labute approximate surface area is 136 Å². The van der Waals surface area contributed by atoms with E-state index in [4.69, 9.17) is 0 Å². The highest BCUT2D eigenvalue weighted by Crippen LogP contribution is 2.20. The van der Waals surface area contributed by atoms with Gasteiger partial charge in [0.1, 0.15) is 0 Å². The summed E-state index contributed by atoms with van der Waals surface area (Å²) in [7, 11) is -1.07. The van der Waals surface area contributed by atoms with E-state index in [9.17, 15) is 18.0 Å². The van der Waals surface area contributed by atoms with Crippen molar-refractivity contribution in [3.63, 3.8) is 0 Å². The first-order valence-electron chi connectivity index (χ1n) is 7.34. The van der Waals surface area contributed by atoms with Gasteiger partial charge in [0.05, 0.1) is 0 Å². The van der Waals surface area contributed by atoms with E-state index >= 15 is 0 Å². The van der Waals surface area contributed by atoms with Crippen molar-refractivity contribution in [2.45, 2.75) is 18.7 Å². The van der Waals surface area contributed by atoms with Gasteiger partial charge in [-0.25, -0.2) is 13.2 Å². The molecule has 0 aliphatic carbocycles. The van der Waals surface area contributed by atoms with Gasteiger partial charge >= 0.3 is 6.03 Å². The van der Waals surface area contributed by atoms with E-state index in [0.29, 0.717) is 0 Å². The first-order chi connectivity index (χ1) is 10.8. The zero-order chi connectivity index (χ0) is 17.2. The van der Waals surface area contributed by atoms with Gasteiger partial charge in [0.25, 0.3) is 5.91 Å². The zero-order valence-electron chi connectivity index (χ0n) is 13.5. The van der Waals surface area contributed by atoms with E-state index in [0.717, 1.165) is 10.5 Å². The van der Waals surface area contributed by atoms with E-state index in [1.165, 1.54) is 23.3 Å². The number of sulfonamides is 1. The van der Waals surface area contributed by atoms with E-state index in [1.54, 1.807) is 6.92 Å². The summed E-state index contributed by atoms with van der Waals surface area (Å²) in [5.74, 6) is -0.681. The molecule has 1 aromatic carbocycles. The average Bonchev–Trinajstić information content (AvgIpc) is 2.54. The monoisotopic (exact) mass is 339 g/mol. The standard InChI is InChI=1S/C15H21N3O4S/c1-4-18(10-12-8-6-5-7-9-12)23(21,22)13-11-16(2)15(20)17(3)14(13)19/h5-9,13H,4,10-11H2,1-3H3. The molecule has 1 aliphatic rings. The van der Waals surface area contributed by atoms with E-state index in [1.807, 2.05) is 30.3 Å². The number of amides is 3. The van der Waals surface area contributed by atoms with Crippen LogP contribution in [-0.2, 0) is 21.4 Å². The fraction of sp³-hybridized carbons (Fsp3) is 0.467. The number of carbonyl (C=O) groups is 2. The number of rotatable bonds is 5. The van der Waals surface area contributed by atoms with Gasteiger partial charge in [-0.2, -0.15) is 4.31 Å². The maximum Gasteiger partial charge on any atom is 0.326 e. The second kappa shape index (κ2) is 6.67. The molecular formula is C15H21N3O4S. The number of nitrogens with zero attached hydrogens (tertiary/aromatic N) is 3. The number of hydrogen-bond acceptors (Lipinski definition) is 4. The van der Waals surface area contributed by atoms with E-state index < -0.39 is 27.2 Å². The molecule has 0 N–H and O–H groups in total. The molecule has 0 saturated carbocycles. The molecule has 126 valence electrons. The number of hydrogen-bond donors (Lipinski definition) is 0. The first-order valence-corrected chi connectivity index (χ1v) is 8.85. The molecule has 1 fully saturated rings. The lowest BCUT2D eigenvalue weighted by Crippen LogP contribution is -2.60. The molecule has 1 aliphatic heterocycles. The minimum Gasteiger partial charge on any atom is -0.325 e. The third-order valence-electron chi connectivity index (χ3n) is 3.93. The normalized spacial score (nSPS) is 19.6. The molecule has 3 amide bonds. The highest BCUT2D eigenvalue weighted by Gasteiger charge is 2.45. The maximum absolute atomic E-state index is 12.9. The van der Waals surface area contributed by atoms with Gasteiger partial charge in [-0.15, -0.1) is 0 Å².